The Morgan fingerprint density at radius 1 is 0.256 bits per heavy atom. The van der Waals surface area contributed by atoms with Gasteiger partial charge in [0.25, 0.3) is 0 Å². The minimum atomic E-state index is -5.00. The second kappa shape index (κ2) is 19.6. The fraction of sp³-hybridized carbons (Fsp3) is 0.0556. The summed E-state index contributed by atoms with van der Waals surface area (Å²) in [5, 5.41) is 26.9. The molecule has 4 heterocycles. The van der Waals surface area contributed by atoms with Gasteiger partial charge in [-0.05, 0) is 132 Å². The van der Waals surface area contributed by atoms with E-state index in [1.807, 2.05) is 106 Å². The van der Waals surface area contributed by atoms with E-state index in [4.69, 9.17) is 0 Å². The number of aromatic nitrogens is 4. The van der Waals surface area contributed by atoms with Crippen molar-refractivity contribution in [1.82, 2.24) is 18.3 Å². The van der Waals surface area contributed by atoms with Crippen molar-refractivity contribution in [3.8, 4) is 57.1 Å². The lowest BCUT2D eigenvalue weighted by molar-refractivity contribution is -0.138. The minimum absolute atomic E-state index is 0.127. The molecule has 0 bridgehead atoms. The van der Waals surface area contributed by atoms with Gasteiger partial charge in [-0.15, -0.1) is 0 Å². The first-order chi connectivity index (χ1) is 43.1. The van der Waals surface area contributed by atoms with Crippen molar-refractivity contribution in [1.29, 1.82) is 10.5 Å². The monoisotopic (exact) mass is 1210 g/mol. The van der Waals surface area contributed by atoms with Crippen molar-refractivity contribution < 1.29 is 52.7 Å². The van der Waals surface area contributed by atoms with E-state index in [0.717, 1.165) is 92.1 Å². The first-order valence-corrected chi connectivity index (χ1v) is 27.8. The van der Waals surface area contributed by atoms with Gasteiger partial charge in [0, 0.05) is 65.6 Å². The van der Waals surface area contributed by atoms with E-state index in [-0.39, 0.29) is 88.4 Å². The molecule has 6 nitrogen and oxygen atoms in total. The van der Waals surface area contributed by atoms with Crippen LogP contribution in [0.3, 0.4) is 0 Å². The molecule has 11 aromatic carbocycles. The Hall–Kier alpha value is -11.2. The number of halogens is 12. The highest BCUT2D eigenvalue weighted by molar-refractivity contribution is 6.15. The number of hydrogen-bond acceptors (Lipinski definition) is 2. The molecule has 4 aromatic heterocycles. The molecule has 18 heteroatoms. The highest BCUT2D eigenvalue weighted by atomic mass is 19.4. The number of para-hydroxylation sites is 4. The smallest absolute Gasteiger partial charge is 0.309 e. The maximum atomic E-state index is 14.8. The van der Waals surface area contributed by atoms with Crippen LogP contribution >= 0.6 is 0 Å². The normalized spacial score (nSPS) is 12.6. The van der Waals surface area contributed by atoms with Crippen molar-refractivity contribution in [2.75, 3.05) is 0 Å². The van der Waals surface area contributed by atoms with Crippen LogP contribution in [0.1, 0.15) is 33.4 Å². The summed E-state index contributed by atoms with van der Waals surface area (Å²) in [5.74, 6) is 0. The van der Waals surface area contributed by atoms with E-state index >= 15 is 0 Å². The zero-order valence-electron chi connectivity index (χ0n) is 46.0. The SMILES string of the molecule is N#Cc1c(-c2ccc(-n3c4ccccc4c4ccccc43)cc2)c(-n2c3ccc(C(F)(F)F)cc3c3cc(C(F)(F)F)ccc32)c(C#N)c(-c2ccc(-n3c4ccccc4c4ccccc43)cc2)c1-n1c2ccc(C(F)(F)F)cc2c2cc(C(F)(F)F)ccc21. The molecule has 0 spiro atoms. The lowest BCUT2D eigenvalue weighted by atomic mass is 9.86. The second-order valence-corrected chi connectivity index (χ2v) is 21.8. The molecule has 438 valence electrons. The fourth-order valence-corrected chi connectivity index (χ4v) is 13.1. The maximum Gasteiger partial charge on any atom is 0.416 e. The van der Waals surface area contributed by atoms with Gasteiger partial charge >= 0.3 is 24.7 Å². The summed E-state index contributed by atoms with van der Waals surface area (Å²) in [6.07, 6.45) is -20.0. The first kappa shape index (κ1) is 55.3. The van der Waals surface area contributed by atoms with Gasteiger partial charge in [-0.3, -0.25) is 0 Å². The third-order valence-corrected chi connectivity index (χ3v) is 16.9. The zero-order chi connectivity index (χ0) is 62.5. The largest absolute Gasteiger partial charge is 0.416 e. The van der Waals surface area contributed by atoms with Crippen LogP contribution in [-0.4, -0.2) is 18.3 Å². The molecule has 0 saturated carbocycles. The minimum Gasteiger partial charge on any atom is -0.309 e. The Labute approximate surface area is 500 Å². The summed E-state index contributed by atoms with van der Waals surface area (Å²) in [4.78, 5) is 0. The molecule has 0 aliphatic rings. The van der Waals surface area contributed by atoms with Crippen LogP contribution in [0.5, 0.6) is 0 Å². The predicted molar refractivity (Wildman–Crippen MR) is 324 cm³/mol. The van der Waals surface area contributed by atoms with Crippen LogP contribution in [0, 0.1) is 22.7 Å². The number of alkyl halides is 12. The Morgan fingerprint density at radius 3 is 0.722 bits per heavy atom. The molecule has 90 heavy (non-hydrogen) atoms. The van der Waals surface area contributed by atoms with E-state index in [2.05, 4.69) is 12.1 Å². The van der Waals surface area contributed by atoms with Crippen molar-refractivity contribution in [3.05, 3.63) is 252 Å². The highest BCUT2D eigenvalue weighted by Gasteiger charge is 2.38. The van der Waals surface area contributed by atoms with Crippen LogP contribution in [0.15, 0.2) is 218 Å². The van der Waals surface area contributed by atoms with E-state index in [9.17, 15) is 63.2 Å². The molecule has 15 rings (SSSR count). The van der Waals surface area contributed by atoms with Crippen molar-refractivity contribution >= 4 is 87.2 Å². The van der Waals surface area contributed by atoms with Crippen LogP contribution in [-0.2, 0) is 24.7 Å². The van der Waals surface area contributed by atoms with Crippen LogP contribution < -0.4 is 0 Å². The Kier molecular flexibility index (Phi) is 12.1. The van der Waals surface area contributed by atoms with E-state index in [1.54, 1.807) is 48.5 Å². The van der Waals surface area contributed by atoms with E-state index in [0.29, 0.717) is 35.6 Å². The van der Waals surface area contributed by atoms with E-state index < -0.39 is 47.0 Å². The van der Waals surface area contributed by atoms with Gasteiger partial charge in [0.2, 0.25) is 0 Å². The topological polar surface area (TPSA) is 67.3 Å². The van der Waals surface area contributed by atoms with Gasteiger partial charge in [0.05, 0.1) is 88.9 Å². The Bertz CT molecular complexity index is 5020. The maximum absolute atomic E-state index is 14.8. The molecule has 0 aliphatic heterocycles. The number of rotatable bonds is 6. The Balaban J connectivity index is 1.12. The van der Waals surface area contributed by atoms with Gasteiger partial charge in [0.15, 0.2) is 0 Å². The molecule has 15 aromatic rings. The fourth-order valence-electron chi connectivity index (χ4n) is 13.1. The molecule has 0 aliphatic carbocycles. The Morgan fingerprint density at radius 2 is 0.489 bits per heavy atom. The van der Waals surface area contributed by atoms with Gasteiger partial charge in [-0.1, -0.05) is 97.1 Å². The number of hydrogen-bond donors (Lipinski definition) is 0. The predicted octanol–water partition coefficient (Wildman–Crippen LogP) is 21.2. The lowest BCUT2D eigenvalue weighted by Crippen LogP contribution is -2.11. The van der Waals surface area contributed by atoms with Gasteiger partial charge in [0.1, 0.15) is 12.1 Å². The van der Waals surface area contributed by atoms with Crippen LogP contribution in [0.25, 0.3) is 132 Å². The summed E-state index contributed by atoms with van der Waals surface area (Å²) in [5.41, 5.74) is -1.97. The molecule has 0 saturated heterocycles. The molecule has 0 fully saturated rings. The molecular formula is C72H36F12N6. The number of nitrogens with zero attached hydrogens (tertiary/aromatic N) is 6. The molecule has 0 radical (unpaired) electrons. The number of benzene rings is 11. The molecule has 0 atom stereocenters. The number of fused-ring (bicyclic) bond motifs is 12. The van der Waals surface area contributed by atoms with Crippen molar-refractivity contribution in [2.45, 2.75) is 24.7 Å². The van der Waals surface area contributed by atoms with Gasteiger partial charge in [-0.25, -0.2) is 0 Å². The van der Waals surface area contributed by atoms with Crippen molar-refractivity contribution in [2.24, 2.45) is 0 Å². The van der Waals surface area contributed by atoms with Crippen LogP contribution in [0.2, 0.25) is 0 Å². The quantitative estimate of drug-likeness (QED) is 0.156. The van der Waals surface area contributed by atoms with Gasteiger partial charge in [-0.2, -0.15) is 63.2 Å². The average Bonchev–Trinajstić information content (AvgIpc) is 1.41. The van der Waals surface area contributed by atoms with E-state index in [1.165, 1.54) is 9.13 Å². The standard InChI is InChI=1S/C72H36F12N6/c73-69(74,75)41-21-29-61-51(33-41)52-34-42(70(76,77)78)22-30-62(52)89(61)67-56(38-86)66(40-19-27-46(28-20-40)88-59-15-7-3-11-49(59)50-12-4-8-16-60(50)88)68(90-63-31-23-43(71(79,80)81)35-53(63)54-36-44(72(82,83)84)24-32-64(54)90)55(37-85)65(67)39-17-25-45(26-18-39)87-57-13-5-1-9-47(57)48-10-2-6-14-58(48)87/h1-36H. The molecular weight excluding hydrogens is 1180 g/mol. The summed E-state index contributed by atoms with van der Waals surface area (Å²) in [6, 6.07) is 58.6. The van der Waals surface area contributed by atoms with Crippen LogP contribution in [0.4, 0.5) is 52.7 Å². The third-order valence-electron chi connectivity index (χ3n) is 16.9. The average molecular weight is 1210 g/mol. The summed E-state index contributed by atoms with van der Waals surface area (Å²) in [6.45, 7) is 0. The number of nitriles is 2. The molecule has 0 unspecified atom stereocenters. The first-order valence-electron chi connectivity index (χ1n) is 27.8. The lowest BCUT2D eigenvalue weighted by Gasteiger charge is -2.25. The third kappa shape index (κ3) is 8.42. The summed E-state index contributed by atoms with van der Waals surface area (Å²) < 4.78 is 184. The second-order valence-electron chi connectivity index (χ2n) is 21.8. The molecule has 0 amide bonds. The van der Waals surface area contributed by atoms with Gasteiger partial charge < -0.3 is 18.3 Å². The summed E-state index contributed by atoms with van der Waals surface area (Å²) >= 11 is 0. The highest BCUT2D eigenvalue weighted by Crippen LogP contribution is 2.51. The summed E-state index contributed by atoms with van der Waals surface area (Å²) in [7, 11) is 0. The zero-order valence-corrected chi connectivity index (χ0v) is 46.0. The van der Waals surface area contributed by atoms with Crippen molar-refractivity contribution in [3.63, 3.8) is 0 Å². The molecule has 0 N–H and O–H groups in total.